The Labute approximate surface area is 86.9 Å². The van der Waals surface area contributed by atoms with Crippen molar-refractivity contribution in [1.29, 1.82) is 0 Å². The molecule has 0 aromatic rings. The highest BCUT2D eigenvalue weighted by molar-refractivity contribution is 7.44. The average Bonchev–Trinajstić information content (AvgIpc) is 1.84. The van der Waals surface area contributed by atoms with Crippen LogP contribution in [0, 0.1) is 0 Å². The van der Waals surface area contributed by atoms with Crippen molar-refractivity contribution in [3.05, 3.63) is 0 Å². The summed E-state index contributed by atoms with van der Waals surface area (Å²) < 4.78 is 5.42. The second-order valence-corrected chi connectivity index (χ2v) is 16.5. The van der Waals surface area contributed by atoms with Crippen molar-refractivity contribution in [3.8, 4) is 0 Å². The first-order valence-corrected chi connectivity index (χ1v) is 12.0. The number of rotatable bonds is 5. The Morgan fingerprint density at radius 3 is 1.92 bits per heavy atom. The summed E-state index contributed by atoms with van der Waals surface area (Å²) >= 11 is 12.0. The van der Waals surface area contributed by atoms with Gasteiger partial charge in [0.1, 0.15) is 0 Å². The minimum Gasteiger partial charge on any atom is -0.420 e. The molecule has 0 saturated carbocycles. The van der Waals surface area contributed by atoms with Gasteiger partial charge in [0.2, 0.25) is 6.69 Å². The lowest BCUT2D eigenvalue weighted by Gasteiger charge is -2.20. The van der Waals surface area contributed by atoms with Gasteiger partial charge in [0.25, 0.3) is 0 Å². The third-order valence-electron chi connectivity index (χ3n) is 1.95. The van der Waals surface area contributed by atoms with E-state index in [0.29, 0.717) is 0 Å². The fraction of sp³-hybridized carbons (Fsp3) is 1.00. The van der Waals surface area contributed by atoms with Crippen molar-refractivity contribution in [2.75, 3.05) is 7.11 Å². The van der Waals surface area contributed by atoms with Crippen LogP contribution in [0.1, 0.15) is 6.42 Å². The zero-order valence-corrected chi connectivity index (χ0v) is 11.8. The van der Waals surface area contributed by atoms with E-state index in [9.17, 15) is 0 Å². The molecule has 0 aliphatic heterocycles. The molecule has 74 valence electrons. The van der Waals surface area contributed by atoms with Crippen LogP contribution in [0.3, 0.4) is 0 Å². The molecule has 0 aromatic heterocycles. The normalized spacial score (nSPS) is 13.5. The van der Waals surface area contributed by atoms with Crippen molar-refractivity contribution in [3.63, 3.8) is 0 Å². The summed E-state index contributed by atoms with van der Waals surface area (Å²) in [5, 5.41) is 0. The van der Waals surface area contributed by atoms with Crippen LogP contribution < -0.4 is 0 Å². The molecule has 0 bridgehead atoms. The van der Waals surface area contributed by atoms with E-state index in [2.05, 4.69) is 13.1 Å². The molecule has 0 heterocycles. The predicted molar refractivity (Wildman–Crippen MR) is 62.0 cm³/mol. The first-order valence-electron chi connectivity index (χ1n) is 4.20. The van der Waals surface area contributed by atoms with Gasteiger partial charge in [-0.1, -0.05) is 6.42 Å². The molecular formula is C7H18Cl2OSi2. The van der Waals surface area contributed by atoms with E-state index >= 15 is 0 Å². The monoisotopic (exact) mass is 244 g/mol. The molecule has 0 unspecified atom stereocenters. The highest BCUT2D eigenvalue weighted by Crippen LogP contribution is 2.25. The van der Waals surface area contributed by atoms with E-state index in [1.165, 1.54) is 0 Å². The van der Waals surface area contributed by atoms with Gasteiger partial charge >= 0.3 is 0 Å². The van der Waals surface area contributed by atoms with Gasteiger partial charge in [0.05, 0.1) is 0 Å². The maximum atomic E-state index is 5.98. The Morgan fingerprint density at radius 2 is 1.58 bits per heavy atom. The van der Waals surface area contributed by atoms with Gasteiger partial charge in [0, 0.05) is 7.11 Å². The Kier molecular flexibility index (Phi) is 5.41. The van der Waals surface area contributed by atoms with E-state index in [0.717, 1.165) is 18.5 Å². The Morgan fingerprint density at radius 1 is 1.08 bits per heavy atom. The van der Waals surface area contributed by atoms with Crippen LogP contribution in [0.4, 0.5) is 0 Å². The van der Waals surface area contributed by atoms with E-state index in [-0.39, 0.29) is 0 Å². The lowest BCUT2D eigenvalue weighted by Crippen LogP contribution is -2.28. The lowest BCUT2D eigenvalue weighted by atomic mass is 10.6. The molecule has 0 spiro atoms. The minimum atomic E-state index is -1.86. The van der Waals surface area contributed by atoms with Gasteiger partial charge in [-0.2, -0.15) is 0 Å². The zero-order valence-electron chi connectivity index (χ0n) is 8.29. The summed E-state index contributed by atoms with van der Waals surface area (Å²) in [4.78, 5) is 0. The first kappa shape index (κ1) is 13.0. The number of hydrogen-bond donors (Lipinski definition) is 0. The molecule has 0 aromatic carbocycles. The molecule has 0 atom stereocenters. The molecule has 0 rings (SSSR count). The van der Waals surface area contributed by atoms with Crippen molar-refractivity contribution < 1.29 is 4.43 Å². The quantitative estimate of drug-likeness (QED) is 0.529. The first-order chi connectivity index (χ1) is 5.27. The highest BCUT2D eigenvalue weighted by atomic mass is 35.7. The summed E-state index contributed by atoms with van der Waals surface area (Å²) in [6.07, 6.45) is 1.11. The van der Waals surface area contributed by atoms with Crippen molar-refractivity contribution in [2.24, 2.45) is 0 Å². The highest BCUT2D eigenvalue weighted by Gasteiger charge is 2.24. The maximum Gasteiger partial charge on any atom is 0.248 e. The van der Waals surface area contributed by atoms with Gasteiger partial charge in [-0.3, -0.25) is 0 Å². The second kappa shape index (κ2) is 5.00. The molecule has 0 saturated heterocycles. The average molecular weight is 245 g/mol. The minimum absolute atomic E-state index is 0.982. The molecule has 0 N–H and O–H groups in total. The van der Waals surface area contributed by atoms with E-state index in [1.807, 2.05) is 6.55 Å². The number of halogens is 2. The van der Waals surface area contributed by atoms with Gasteiger partial charge in [-0.05, 0) is 31.7 Å². The van der Waals surface area contributed by atoms with Crippen LogP contribution in [0.25, 0.3) is 0 Å². The van der Waals surface area contributed by atoms with Crippen LogP contribution in [0.15, 0.2) is 0 Å². The fourth-order valence-electron chi connectivity index (χ4n) is 0.927. The largest absolute Gasteiger partial charge is 0.420 e. The predicted octanol–water partition coefficient (Wildman–Crippen LogP) is 3.78. The molecule has 1 nitrogen and oxygen atoms in total. The Balaban J connectivity index is 3.57. The molecule has 0 aliphatic carbocycles. The fourth-order valence-corrected chi connectivity index (χ4v) is 4.11. The van der Waals surface area contributed by atoms with Crippen molar-refractivity contribution in [1.82, 2.24) is 0 Å². The third kappa shape index (κ3) is 7.61. The van der Waals surface area contributed by atoms with Gasteiger partial charge < -0.3 is 4.43 Å². The number of hydrogen-bond acceptors (Lipinski definition) is 1. The van der Waals surface area contributed by atoms with Crippen molar-refractivity contribution >= 4 is 37.2 Å². The summed E-state index contributed by atoms with van der Waals surface area (Å²) in [7, 11) is 0.424. The summed E-state index contributed by atoms with van der Waals surface area (Å²) in [6.45, 7) is 4.54. The molecule has 12 heavy (non-hydrogen) atoms. The molecule has 5 heteroatoms. The van der Waals surface area contributed by atoms with Crippen LogP contribution in [0.2, 0.25) is 31.7 Å². The molecular weight excluding hydrogens is 227 g/mol. The maximum absolute atomic E-state index is 5.98. The third-order valence-corrected chi connectivity index (χ3v) is 6.98. The standard InChI is InChI=1S/C7H18Cl2OSi2/c1-10-11(2,3)6-5-7-12(4,8)9/h5-7H2,1-4H3. The smallest absolute Gasteiger partial charge is 0.248 e. The molecule has 0 aliphatic rings. The van der Waals surface area contributed by atoms with Crippen molar-refractivity contribution in [2.45, 2.75) is 38.2 Å². The summed E-state index contributed by atoms with van der Waals surface area (Å²) in [6, 6.07) is 2.14. The van der Waals surface area contributed by atoms with Crippen LogP contribution in [-0.2, 0) is 4.43 Å². The van der Waals surface area contributed by atoms with Gasteiger partial charge in [-0.15, -0.1) is 22.2 Å². The summed E-state index contributed by atoms with van der Waals surface area (Å²) in [5.74, 6) is 0. The lowest BCUT2D eigenvalue weighted by molar-refractivity contribution is 0.403. The topological polar surface area (TPSA) is 9.23 Å². The molecule has 0 radical (unpaired) electrons. The van der Waals surface area contributed by atoms with E-state index < -0.39 is 15.0 Å². The second-order valence-electron chi connectivity index (χ2n) is 3.89. The van der Waals surface area contributed by atoms with Crippen LogP contribution in [-0.4, -0.2) is 22.1 Å². The molecule has 0 fully saturated rings. The van der Waals surface area contributed by atoms with E-state index in [1.54, 1.807) is 7.11 Å². The summed E-state index contributed by atoms with van der Waals surface area (Å²) in [5.41, 5.74) is 0. The SMILES string of the molecule is CO[Si](C)(C)CCC[Si](C)(Cl)Cl. The Bertz CT molecular complexity index is 134. The van der Waals surface area contributed by atoms with Crippen LogP contribution in [0.5, 0.6) is 0 Å². The van der Waals surface area contributed by atoms with Gasteiger partial charge in [-0.25, -0.2) is 0 Å². The zero-order chi connectivity index (χ0) is 9.83. The van der Waals surface area contributed by atoms with Gasteiger partial charge in [0.15, 0.2) is 8.32 Å². The molecule has 0 amide bonds. The van der Waals surface area contributed by atoms with Crippen LogP contribution >= 0.6 is 22.2 Å². The van der Waals surface area contributed by atoms with E-state index in [4.69, 9.17) is 26.6 Å². The Hall–Kier alpha value is 0.974.